The third kappa shape index (κ3) is 4.06. The van der Waals surface area contributed by atoms with Gasteiger partial charge in [0.2, 0.25) is 10.0 Å². The Morgan fingerprint density at radius 2 is 2.07 bits per heavy atom. The number of nitrogens with one attached hydrogen (secondary N) is 2. The fourth-order valence-corrected chi connectivity index (χ4v) is 2.86. The average Bonchev–Trinajstić information content (AvgIpc) is 2.19. The maximum atomic E-state index is 11.8. The molecule has 0 radical (unpaired) electrons. The summed E-state index contributed by atoms with van der Waals surface area (Å²) in [7, 11) is -1.71. The van der Waals surface area contributed by atoms with Crippen molar-refractivity contribution in [1.29, 1.82) is 0 Å². The van der Waals surface area contributed by atoms with Gasteiger partial charge in [-0.05, 0) is 32.9 Å². The third-order valence-electron chi connectivity index (χ3n) is 2.60. The Labute approximate surface area is 91.6 Å². The number of sulfonamides is 1. The second-order valence-electron chi connectivity index (χ2n) is 3.95. The van der Waals surface area contributed by atoms with Gasteiger partial charge in [-0.15, -0.1) is 0 Å². The van der Waals surface area contributed by atoms with Crippen LogP contribution in [-0.2, 0) is 14.8 Å². The van der Waals surface area contributed by atoms with Gasteiger partial charge in [0.25, 0.3) is 0 Å². The summed E-state index contributed by atoms with van der Waals surface area (Å²) in [6.07, 6.45) is 1.72. The zero-order chi connectivity index (χ0) is 11.3. The number of methoxy groups -OCH3 is 1. The summed E-state index contributed by atoms with van der Waals surface area (Å²) in [6.45, 7) is 3.66. The minimum absolute atomic E-state index is 0.0792. The zero-order valence-electron chi connectivity index (χ0n) is 9.32. The Bertz CT molecular complexity index is 273. The lowest BCUT2D eigenvalue weighted by Gasteiger charge is -2.25. The van der Waals surface area contributed by atoms with Crippen LogP contribution < -0.4 is 10.0 Å². The quantitative estimate of drug-likeness (QED) is 0.687. The van der Waals surface area contributed by atoms with E-state index in [4.69, 9.17) is 4.74 Å². The van der Waals surface area contributed by atoms with Crippen molar-refractivity contribution in [2.24, 2.45) is 0 Å². The molecule has 90 valence electrons. The van der Waals surface area contributed by atoms with Crippen molar-refractivity contribution in [1.82, 2.24) is 10.0 Å². The molecule has 0 spiro atoms. The highest BCUT2D eigenvalue weighted by molar-refractivity contribution is 7.90. The van der Waals surface area contributed by atoms with Crippen LogP contribution in [-0.4, -0.2) is 46.5 Å². The van der Waals surface area contributed by atoms with Gasteiger partial charge in [-0.1, -0.05) is 0 Å². The fourth-order valence-electron chi connectivity index (χ4n) is 1.61. The molecule has 1 unspecified atom stereocenters. The van der Waals surface area contributed by atoms with Crippen LogP contribution >= 0.6 is 0 Å². The molecular formula is C9H20N2O3S. The molecule has 0 saturated carbocycles. The molecule has 5 nitrogen and oxygen atoms in total. The highest BCUT2D eigenvalue weighted by Gasteiger charge is 2.25. The summed E-state index contributed by atoms with van der Waals surface area (Å²) >= 11 is 0. The van der Waals surface area contributed by atoms with Crippen molar-refractivity contribution in [2.75, 3.05) is 26.8 Å². The SMILES string of the molecule is COCC(C)S(=O)(=O)NC1CCNCC1. The molecule has 0 amide bonds. The second kappa shape index (κ2) is 5.79. The highest BCUT2D eigenvalue weighted by Crippen LogP contribution is 2.07. The summed E-state index contributed by atoms with van der Waals surface area (Å²) in [5, 5.41) is 2.71. The predicted molar refractivity (Wildman–Crippen MR) is 59.3 cm³/mol. The standard InChI is InChI=1S/C9H20N2O3S/c1-8(7-14-2)15(12,13)11-9-3-5-10-6-4-9/h8-11H,3-7H2,1-2H3. The lowest BCUT2D eigenvalue weighted by molar-refractivity contribution is 0.200. The van der Waals surface area contributed by atoms with E-state index in [-0.39, 0.29) is 12.6 Å². The maximum Gasteiger partial charge on any atom is 0.216 e. The van der Waals surface area contributed by atoms with Gasteiger partial charge in [0.05, 0.1) is 11.9 Å². The van der Waals surface area contributed by atoms with Crippen molar-refractivity contribution >= 4 is 10.0 Å². The minimum atomic E-state index is -3.22. The molecule has 15 heavy (non-hydrogen) atoms. The summed E-state index contributed by atoms with van der Waals surface area (Å²) in [6, 6.07) is 0.0792. The van der Waals surface area contributed by atoms with Crippen molar-refractivity contribution in [2.45, 2.75) is 31.1 Å². The Morgan fingerprint density at radius 1 is 1.47 bits per heavy atom. The van der Waals surface area contributed by atoms with E-state index >= 15 is 0 Å². The Morgan fingerprint density at radius 3 is 2.60 bits per heavy atom. The van der Waals surface area contributed by atoms with Crippen molar-refractivity contribution in [3.05, 3.63) is 0 Å². The first-order valence-electron chi connectivity index (χ1n) is 5.27. The molecule has 6 heteroatoms. The van der Waals surface area contributed by atoms with Gasteiger partial charge >= 0.3 is 0 Å². The van der Waals surface area contributed by atoms with Gasteiger partial charge < -0.3 is 10.1 Å². The van der Waals surface area contributed by atoms with Crippen LogP contribution in [0.4, 0.5) is 0 Å². The predicted octanol–water partition coefficient (Wildman–Crippen LogP) is -0.307. The molecule has 1 rings (SSSR count). The van der Waals surface area contributed by atoms with E-state index < -0.39 is 15.3 Å². The first-order chi connectivity index (χ1) is 7.06. The van der Waals surface area contributed by atoms with E-state index in [1.165, 1.54) is 7.11 Å². The topological polar surface area (TPSA) is 67.4 Å². The normalized spacial score (nSPS) is 21.5. The van der Waals surface area contributed by atoms with Crippen LogP contribution in [0.5, 0.6) is 0 Å². The van der Waals surface area contributed by atoms with Crippen LogP contribution in [0, 0.1) is 0 Å². The Hall–Kier alpha value is -0.170. The highest BCUT2D eigenvalue weighted by atomic mass is 32.2. The molecule has 0 aromatic heterocycles. The first-order valence-corrected chi connectivity index (χ1v) is 6.81. The molecule has 1 heterocycles. The van der Waals surface area contributed by atoms with E-state index in [0.29, 0.717) is 0 Å². The molecule has 0 bridgehead atoms. The van der Waals surface area contributed by atoms with E-state index in [9.17, 15) is 8.42 Å². The molecule has 0 aromatic carbocycles. The smallest absolute Gasteiger partial charge is 0.216 e. The molecule has 1 atom stereocenters. The second-order valence-corrected chi connectivity index (χ2v) is 6.08. The number of hydrogen-bond acceptors (Lipinski definition) is 4. The van der Waals surface area contributed by atoms with E-state index in [0.717, 1.165) is 25.9 Å². The number of hydrogen-bond donors (Lipinski definition) is 2. The number of ether oxygens (including phenoxy) is 1. The first kappa shape index (κ1) is 12.9. The fraction of sp³-hybridized carbons (Fsp3) is 1.00. The van der Waals surface area contributed by atoms with E-state index in [1.807, 2.05) is 0 Å². The summed E-state index contributed by atoms with van der Waals surface area (Å²) in [4.78, 5) is 0. The molecule has 1 fully saturated rings. The molecule has 0 aromatic rings. The molecule has 2 N–H and O–H groups in total. The number of rotatable bonds is 5. The largest absolute Gasteiger partial charge is 0.383 e. The lowest BCUT2D eigenvalue weighted by atomic mass is 10.1. The zero-order valence-corrected chi connectivity index (χ0v) is 10.1. The Balaban J connectivity index is 2.47. The lowest BCUT2D eigenvalue weighted by Crippen LogP contribution is -2.46. The van der Waals surface area contributed by atoms with Crippen molar-refractivity contribution < 1.29 is 13.2 Å². The van der Waals surface area contributed by atoms with Gasteiger partial charge in [0.1, 0.15) is 0 Å². The summed E-state index contributed by atoms with van der Waals surface area (Å²) in [5.74, 6) is 0. The molecule has 1 saturated heterocycles. The molecular weight excluding hydrogens is 216 g/mol. The van der Waals surface area contributed by atoms with Crippen LogP contribution in [0.2, 0.25) is 0 Å². The van der Waals surface area contributed by atoms with E-state index in [1.54, 1.807) is 6.92 Å². The monoisotopic (exact) mass is 236 g/mol. The van der Waals surface area contributed by atoms with Gasteiger partial charge in [-0.2, -0.15) is 0 Å². The molecule has 1 aliphatic heterocycles. The minimum Gasteiger partial charge on any atom is -0.383 e. The molecule has 1 aliphatic rings. The number of piperidine rings is 1. The van der Waals surface area contributed by atoms with Gasteiger partial charge in [-0.25, -0.2) is 13.1 Å². The third-order valence-corrected chi connectivity index (χ3v) is 4.46. The van der Waals surface area contributed by atoms with Crippen LogP contribution in [0.3, 0.4) is 0 Å². The van der Waals surface area contributed by atoms with E-state index in [2.05, 4.69) is 10.0 Å². The molecule has 0 aliphatic carbocycles. The van der Waals surface area contributed by atoms with Crippen molar-refractivity contribution in [3.8, 4) is 0 Å². The summed E-state index contributed by atoms with van der Waals surface area (Å²) < 4.78 is 31.1. The average molecular weight is 236 g/mol. The van der Waals surface area contributed by atoms with Crippen LogP contribution in [0.25, 0.3) is 0 Å². The van der Waals surface area contributed by atoms with Gasteiger partial charge in [0, 0.05) is 13.2 Å². The van der Waals surface area contributed by atoms with Gasteiger partial charge in [0.15, 0.2) is 0 Å². The Kier molecular flexibility index (Phi) is 4.98. The summed E-state index contributed by atoms with van der Waals surface area (Å²) in [5.41, 5.74) is 0. The van der Waals surface area contributed by atoms with Crippen molar-refractivity contribution in [3.63, 3.8) is 0 Å². The van der Waals surface area contributed by atoms with Crippen LogP contribution in [0.15, 0.2) is 0 Å². The van der Waals surface area contributed by atoms with Gasteiger partial charge in [-0.3, -0.25) is 0 Å². The maximum absolute atomic E-state index is 11.8. The van der Waals surface area contributed by atoms with Crippen LogP contribution in [0.1, 0.15) is 19.8 Å².